The van der Waals surface area contributed by atoms with Crippen molar-refractivity contribution in [2.75, 3.05) is 0 Å². The summed E-state index contributed by atoms with van der Waals surface area (Å²) in [5.41, 5.74) is 1.99. The quantitative estimate of drug-likeness (QED) is 0.454. The molecular weight excluding hydrogens is 296 g/mol. The van der Waals surface area contributed by atoms with Crippen LogP contribution in [0, 0.1) is 0 Å². The maximum Gasteiger partial charge on any atom is 0.168 e. The number of benzene rings is 2. The molecule has 0 N–H and O–H groups in total. The number of rotatable bonds is 3. The van der Waals surface area contributed by atoms with Crippen molar-refractivity contribution in [3.63, 3.8) is 0 Å². The first-order valence-electron chi connectivity index (χ1n) is 6.77. The molecule has 1 nitrogen and oxygen atoms in total. The van der Waals surface area contributed by atoms with Gasteiger partial charge in [-0.05, 0) is 28.5 Å². The summed E-state index contributed by atoms with van der Waals surface area (Å²) in [5, 5.41) is 6.38. The highest BCUT2D eigenvalue weighted by Crippen LogP contribution is 2.30. The summed E-state index contributed by atoms with van der Waals surface area (Å²) in [7, 11) is 0. The first kappa shape index (κ1) is 12.7. The maximum absolute atomic E-state index is 12.6. The van der Waals surface area contributed by atoms with Crippen LogP contribution in [0.3, 0.4) is 0 Å². The zero-order chi connectivity index (χ0) is 14.2. The Labute approximate surface area is 130 Å². The molecule has 0 bridgehead atoms. The van der Waals surface area contributed by atoms with E-state index in [1.165, 1.54) is 14.8 Å². The molecule has 4 rings (SSSR count). The average Bonchev–Trinajstić information content (AvgIpc) is 3.12. The summed E-state index contributed by atoms with van der Waals surface area (Å²) in [5.74, 6) is 0.205. The molecule has 0 saturated heterocycles. The summed E-state index contributed by atoms with van der Waals surface area (Å²) in [6, 6.07) is 16.4. The summed E-state index contributed by atoms with van der Waals surface area (Å²) in [6.45, 7) is 0. The van der Waals surface area contributed by atoms with Crippen molar-refractivity contribution in [1.29, 1.82) is 0 Å². The first-order chi connectivity index (χ1) is 10.3. The van der Waals surface area contributed by atoms with E-state index in [1.54, 1.807) is 22.7 Å². The van der Waals surface area contributed by atoms with Crippen LogP contribution < -0.4 is 0 Å². The zero-order valence-corrected chi connectivity index (χ0v) is 12.8. The van der Waals surface area contributed by atoms with Crippen molar-refractivity contribution >= 4 is 48.6 Å². The zero-order valence-electron chi connectivity index (χ0n) is 11.2. The number of hydrogen-bond donors (Lipinski definition) is 0. The summed E-state index contributed by atoms with van der Waals surface area (Å²) in [4.78, 5) is 12.6. The highest BCUT2D eigenvalue weighted by Gasteiger charge is 2.14. The smallest absolute Gasteiger partial charge is 0.168 e. The van der Waals surface area contributed by atoms with E-state index in [2.05, 4.69) is 23.6 Å². The number of thiophene rings is 2. The van der Waals surface area contributed by atoms with Crippen LogP contribution in [0.1, 0.15) is 15.9 Å². The van der Waals surface area contributed by atoms with E-state index < -0.39 is 0 Å². The fourth-order valence-electron chi connectivity index (χ4n) is 2.63. The lowest BCUT2D eigenvalue weighted by Crippen LogP contribution is -2.01. The standard InChI is InChI=1S/C18H12OS2/c19-16(15-11-21-18-8-4-2-6-14(15)18)9-12-10-20-17-7-3-1-5-13(12)17/h1-8,10-11H,9H2. The Balaban J connectivity index is 1.72. The van der Waals surface area contributed by atoms with Crippen LogP contribution in [0.25, 0.3) is 20.2 Å². The van der Waals surface area contributed by atoms with E-state index in [-0.39, 0.29) is 5.78 Å². The normalized spacial score (nSPS) is 11.2. The summed E-state index contributed by atoms with van der Waals surface area (Å²) >= 11 is 3.35. The van der Waals surface area contributed by atoms with Crippen LogP contribution in [0.15, 0.2) is 59.3 Å². The molecule has 2 aromatic carbocycles. The SMILES string of the molecule is O=C(Cc1csc2ccccc12)c1csc2ccccc12. The van der Waals surface area contributed by atoms with Gasteiger partial charge in [-0.1, -0.05) is 36.4 Å². The highest BCUT2D eigenvalue weighted by atomic mass is 32.1. The van der Waals surface area contributed by atoms with Gasteiger partial charge in [-0.3, -0.25) is 4.79 Å². The maximum atomic E-state index is 12.6. The second-order valence-corrected chi connectivity index (χ2v) is 6.83. The molecule has 102 valence electrons. The van der Waals surface area contributed by atoms with E-state index >= 15 is 0 Å². The minimum atomic E-state index is 0.205. The molecule has 3 heteroatoms. The van der Waals surface area contributed by atoms with Gasteiger partial charge in [-0.25, -0.2) is 0 Å². The predicted molar refractivity (Wildman–Crippen MR) is 91.7 cm³/mol. The van der Waals surface area contributed by atoms with Gasteiger partial charge in [0.05, 0.1) is 0 Å². The molecule has 0 amide bonds. The molecular formula is C18H12OS2. The molecule has 0 radical (unpaired) electrons. The van der Waals surface area contributed by atoms with Gasteiger partial charge >= 0.3 is 0 Å². The molecule has 21 heavy (non-hydrogen) atoms. The van der Waals surface area contributed by atoms with Crippen molar-refractivity contribution in [2.45, 2.75) is 6.42 Å². The molecule has 0 aliphatic rings. The number of Topliss-reactive ketones (excluding diaryl/α,β-unsaturated/α-hetero) is 1. The van der Waals surface area contributed by atoms with Gasteiger partial charge in [-0.15, -0.1) is 22.7 Å². The van der Waals surface area contributed by atoms with E-state index in [0.29, 0.717) is 6.42 Å². The fourth-order valence-corrected chi connectivity index (χ4v) is 4.56. The Hall–Kier alpha value is -1.97. The summed E-state index contributed by atoms with van der Waals surface area (Å²) < 4.78 is 2.42. The van der Waals surface area contributed by atoms with E-state index in [0.717, 1.165) is 16.5 Å². The topological polar surface area (TPSA) is 17.1 Å². The molecule has 0 aliphatic heterocycles. The van der Waals surface area contributed by atoms with Crippen molar-refractivity contribution in [3.05, 3.63) is 70.4 Å². The minimum Gasteiger partial charge on any atom is -0.294 e. The number of ketones is 1. The van der Waals surface area contributed by atoms with Crippen LogP contribution >= 0.6 is 22.7 Å². The third kappa shape index (κ3) is 2.19. The average molecular weight is 308 g/mol. The van der Waals surface area contributed by atoms with Crippen LogP contribution in [0.5, 0.6) is 0 Å². The second-order valence-electron chi connectivity index (χ2n) is 5.00. The van der Waals surface area contributed by atoms with Gasteiger partial charge in [0.1, 0.15) is 0 Å². The Kier molecular flexibility index (Phi) is 3.09. The molecule has 0 unspecified atom stereocenters. The molecule has 2 aromatic heterocycles. The molecule has 0 atom stereocenters. The van der Waals surface area contributed by atoms with E-state index in [9.17, 15) is 4.79 Å². The monoisotopic (exact) mass is 308 g/mol. The number of carbonyl (C=O) groups excluding carboxylic acids is 1. The van der Waals surface area contributed by atoms with Crippen LogP contribution in [0.2, 0.25) is 0 Å². The number of carbonyl (C=O) groups is 1. The summed E-state index contributed by atoms with van der Waals surface area (Å²) in [6.07, 6.45) is 0.477. The van der Waals surface area contributed by atoms with Gasteiger partial charge < -0.3 is 0 Å². The van der Waals surface area contributed by atoms with Crippen LogP contribution in [-0.2, 0) is 6.42 Å². The molecule has 0 aliphatic carbocycles. The molecule has 0 fully saturated rings. The minimum absolute atomic E-state index is 0.205. The van der Waals surface area contributed by atoms with Crippen molar-refractivity contribution in [2.24, 2.45) is 0 Å². The van der Waals surface area contributed by atoms with Gasteiger partial charge in [0.2, 0.25) is 0 Å². The third-order valence-corrected chi connectivity index (χ3v) is 5.67. The van der Waals surface area contributed by atoms with Gasteiger partial charge in [0, 0.05) is 32.2 Å². The predicted octanol–water partition coefficient (Wildman–Crippen LogP) is 5.54. The second kappa shape index (κ2) is 5.10. The number of fused-ring (bicyclic) bond motifs is 2. The third-order valence-electron chi connectivity index (χ3n) is 3.69. The lowest BCUT2D eigenvalue weighted by Gasteiger charge is -2.00. The molecule has 2 heterocycles. The van der Waals surface area contributed by atoms with Crippen molar-refractivity contribution in [1.82, 2.24) is 0 Å². The Morgan fingerprint density at radius 1 is 0.810 bits per heavy atom. The largest absolute Gasteiger partial charge is 0.294 e. The fraction of sp³-hybridized carbons (Fsp3) is 0.0556. The van der Waals surface area contributed by atoms with Crippen molar-refractivity contribution < 1.29 is 4.79 Å². The van der Waals surface area contributed by atoms with Crippen molar-refractivity contribution in [3.8, 4) is 0 Å². The van der Waals surface area contributed by atoms with Gasteiger partial charge in [0.25, 0.3) is 0 Å². The molecule has 4 aromatic rings. The Morgan fingerprint density at radius 2 is 1.43 bits per heavy atom. The van der Waals surface area contributed by atoms with Gasteiger partial charge in [-0.2, -0.15) is 0 Å². The Morgan fingerprint density at radius 3 is 2.24 bits per heavy atom. The molecule has 0 spiro atoms. The lowest BCUT2D eigenvalue weighted by atomic mass is 10.0. The van der Waals surface area contributed by atoms with Crippen LogP contribution in [-0.4, -0.2) is 5.78 Å². The first-order valence-corrected chi connectivity index (χ1v) is 8.53. The Bertz CT molecular complexity index is 946. The van der Waals surface area contributed by atoms with Gasteiger partial charge in [0.15, 0.2) is 5.78 Å². The number of hydrogen-bond acceptors (Lipinski definition) is 3. The lowest BCUT2D eigenvalue weighted by molar-refractivity contribution is 0.0995. The van der Waals surface area contributed by atoms with E-state index in [1.807, 2.05) is 35.7 Å². The van der Waals surface area contributed by atoms with E-state index in [4.69, 9.17) is 0 Å². The molecule has 0 saturated carbocycles. The van der Waals surface area contributed by atoms with Crippen LogP contribution in [0.4, 0.5) is 0 Å². The highest BCUT2D eigenvalue weighted by molar-refractivity contribution is 7.17.